The number of carbonyl (C=O) groups is 2. The van der Waals surface area contributed by atoms with Crippen LogP contribution in [0.3, 0.4) is 0 Å². The highest BCUT2D eigenvalue weighted by Crippen LogP contribution is 2.38. The average molecular weight is 1320 g/mol. The fourth-order valence-electron chi connectivity index (χ4n) is 12.6. The van der Waals surface area contributed by atoms with Crippen molar-refractivity contribution >= 4 is 19.7 Å². The second-order valence-corrected chi connectivity index (χ2v) is 30.7. The summed E-state index contributed by atoms with van der Waals surface area (Å²) in [6.45, 7) is 6.90. The predicted octanol–water partition coefficient (Wildman–Crippen LogP) is 25.9. The third-order valence-electron chi connectivity index (χ3n) is 18.8. The number of nitrogens with zero attached hydrogens (tertiary/aromatic N) is 1. The number of amides is 1. The van der Waals surface area contributed by atoms with E-state index >= 15 is 0 Å². The number of allylic oxidation sites excluding steroid dienone is 5. The van der Waals surface area contributed by atoms with Crippen molar-refractivity contribution in [2.75, 3.05) is 40.9 Å². The van der Waals surface area contributed by atoms with Crippen LogP contribution in [-0.4, -0.2) is 69.4 Å². The minimum absolute atomic E-state index is 0.0182. The van der Waals surface area contributed by atoms with Crippen molar-refractivity contribution in [1.82, 2.24) is 5.32 Å². The number of likely N-dealkylation sites (N-methyl/N-ethyl adjacent to an activating group) is 1. The monoisotopic (exact) mass is 1320 g/mol. The van der Waals surface area contributed by atoms with Crippen LogP contribution >= 0.6 is 7.82 Å². The van der Waals surface area contributed by atoms with Crippen molar-refractivity contribution in [3.05, 3.63) is 36.5 Å². The van der Waals surface area contributed by atoms with Gasteiger partial charge in [0, 0.05) is 12.8 Å². The maximum absolute atomic E-state index is 13.7. The van der Waals surface area contributed by atoms with Crippen LogP contribution in [0.15, 0.2) is 36.5 Å². The molecule has 3 atom stereocenters. The maximum Gasteiger partial charge on any atom is 0.306 e. The van der Waals surface area contributed by atoms with Gasteiger partial charge in [-0.2, -0.15) is 0 Å². The van der Waals surface area contributed by atoms with E-state index in [1.165, 1.54) is 327 Å². The molecule has 544 valence electrons. The van der Waals surface area contributed by atoms with Crippen LogP contribution in [0.1, 0.15) is 425 Å². The zero-order valence-electron chi connectivity index (χ0n) is 62.5. The molecule has 0 radical (unpaired) electrons. The second-order valence-electron chi connectivity index (χ2n) is 29.3. The Morgan fingerprint density at radius 2 is 0.663 bits per heavy atom. The van der Waals surface area contributed by atoms with Crippen molar-refractivity contribution in [2.24, 2.45) is 0 Å². The van der Waals surface area contributed by atoms with Gasteiger partial charge in [0.1, 0.15) is 19.3 Å². The summed E-state index contributed by atoms with van der Waals surface area (Å²) < 4.78 is 30.6. The topological polar surface area (TPSA) is 114 Å². The zero-order chi connectivity index (χ0) is 67.0. The van der Waals surface area contributed by atoms with E-state index in [-0.39, 0.29) is 31.5 Å². The molecule has 0 aliphatic rings. The number of nitrogens with one attached hydrogen (secondary N) is 1. The van der Waals surface area contributed by atoms with Crippen molar-refractivity contribution in [3.8, 4) is 0 Å². The molecule has 0 rings (SSSR count). The quantitative estimate of drug-likeness (QED) is 0.0212. The van der Waals surface area contributed by atoms with Gasteiger partial charge >= 0.3 is 5.97 Å². The van der Waals surface area contributed by atoms with E-state index in [1.54, 1.807) is 0 Å². The summed E-state index contributed by atoms with van der Waals surface area (Å²) in [6.07, 6.45) is 91.6. The van der Waals surface area contributed by atoms with Gasteiger partial charge in [-0.3, -0.25) is 14.2 Å². The molecule has 9 nitrogen and oxygen atoms in total. The van der Waals surface area contributed by atoms with Crippen LogP contribution < -0.4 is 10.2 Å². The van der Waals surface area contributed by atoms with Gasteiger partial charge in [-0.05, 0) is 63.9 Å². The van der Waals surface area contributed by atoms with E-state index in [0.717, 1.165) is 64.2 Å². The number of esters is 1. The first-order valence-electron chi connectivity index (χ1n) is 40.8. The minimum atomic E-state index is -4.70. The van der Waals surface area contributed by atoms with Crippen LogP contribution in [0.5, 0.6) is 0 Å². The van der Waals surface area contributed by atoms with Gasteiger partial charge in [-0.15, -0.1) is 0 Å². The van der Waals surface area contributed by atoms with Crippen LogP contribution in [0, 0.1) is 0 Å². The molecule has 10 heteroatoms. The number of rotatable bonds is 76. The Bertz CT molecular complexity index is 1660. The Morgan fingerprint density at radius 1 is 0.380 bits per heavy atom. The molecule has 0 aromatic carbocycles. The molecule has 92 heavy (non-hydrogen) atoms. The molecule has 0 aromatic rings. The molecule has 0 saturated carbocycles. The third kappa shape index (κ3) is 72.5. The Hall–Kier alpha value is -1.77. The van der Waals surface area contributed by atoms with Gasteiger partial charge in [0.15, 0.2) is 0 Å². The van der Waals surface area contributed by atoms with Crippen LogP contribution in [0.25, 0.3) is 0 Å². The molecular formula is C82H159N2O7P. The molecule has 1 N–H and O–H groups in total. The van der Waals surface area contributed by atoms with E-state index < -0.39 is 20.0 Å². The molecule has 0 fully saturated rings. The minimum Gasteiger partial charge on any atom is -0.756 e. The van der Waals surface area contributed by atoms with Gasteiger partial charge in [0.2, 0.25) is 5.91 Å². The van der Waals surface area contributed by atoms with Gasteiger partial charge in [0.25, 0.3) is 7.82 Å². The first-order chi connectivity index (χ1) is 44.9. The van der Waals surface area contributed by atoms with Gasteiger partial charge in [-0.25, -0.2) is 0 Å². The number of unbranched alkanes of at least 4 members (excludes halogenated alkanes) is 56. The molecule has 0 bridgehead atoms. The van der Waals surface area contributed by atoms with Crippen molar-refractivity contribution in [1.29, 1.82) is 0 Å². The summed E-state index contributed by atoms with van der Waals surface area (Å²) in [6, 6.07) is -0.885. The molecule has 0 heterocycles. The van der Waals surface area contributed by atoms with Crippen molar-refractivity contribution in [2.45, 2.75) is 437 Å². The summed E-state index contributed by atoms with van der Waals surface area (Å²) in [4.78, 5) is 40.3. The molecular weight excluding hydrogens is 1160 g/mol. The molecule has 0 spiro atoms. The maximum atomic E-state index is 13.7. The lowest BCUT2D eigenvalue weighted by Crippen LogP contribution is -2.47. The van der Waals surface area contributed by atoms with Crippen LogP contribution in [0.2, 0.25) is 0 Å². The van der Waals surface area contributed by atoms with E-state index in [4.69, 9.17) is 13.8 Å². The van der Waals surface area contributed by atoms with Crippen LogP contribution in [-0.2, 0) is 27.9 Å². The Balaban J connectivity index is 4.85. The number of hydrogen-bond donors (Lipinski definition) is 1. The first-order valence-corrected chi connectivity index (χ1v) is 42.3. The molecule has 3 unspecified atom stereocenters. The van der Waals surface area contributed by atoms with Gasteiger partial charge in [-0.1, -0.05) is 385 Å². The number of quaternary nitrogens is 1. The second kappa shape index (κ2) is 72.0. The predicted molar refractivity (Wildman–Crippen MR) is 400 cm³/mol. The lowest BCUT2D eigenvalue weighted by atomic mass is 10.0. The Morgan fingerprint density at radius 3 is 1.00 bits per heavy atom. The van der Waals surface area contributed by atoms with Crippen molar-refractivity contribution in [3.63, 3.8) is 0 Å². The Kier molecular flexibility index (Phi) is 70.6. The van der Waals surface area contributed by atoms with Crippen molar-refractivity contribution < 1.29 is 37.3 Å². The highest BCUT2D eigenvalue weighted by molar-refractivity contribution is 7.45. The highest BCUT2D eigenvalue weighted by Gasteiger charge is 2.27. The third-order valence-corrected chi connectivity index (χ3v) is 19.8. The summed E-state index contributed by atoms with van der Waals surface area (Å²) in [5, 5.41) is 3.06. The fraction of sp³-hybridized carbons (Fsp3) is 0.902. The standard InChI is InChI=1S/C82H159N2O7P/c1-7-10-13-16-19-22-25-28-30-32-34-36-38-40-42-44-46-48-50-52-54-56-59-62-65-68-71-74-81(85)83-79(78-90-92(87,88)89-77-76-84(4,5)6)80(73-70-67-64-61-58-27-24-21-18-15-12-9-3)91-82(86)75-72-69-66-63-60-57-55-53-51-49-47-45-43-41-39-37-35-33-31-29-26-23-20-17-14-11-8-2/h20,23,29,31,70,73,79-80H,7-19,21-22,24-28,30,32-69,71-72,74-78H2,1-6H3,(H-,83,85,87,88)/b23-20-,31-29-,73-70+. The van der Waals surface area contributed by atoms with Gasteiger partial charge in [0.05, 0.1) is 33.8 Å². The smallest absolute Gasteiger partial charge is 0.306 e. The summed E-state index contributed by atoms with van der Waals surface area (Å²) in [7, 11) is 1.21. The van der Waals surface area contributed by atoms with Crippen LogP contribution in [0.4, 0.5) is 0 Å². The molecule has 0 aliphatic heterocycles. The average Bonchev–Trinajstić information content (AvgIpc) is 3.72. The largest absolute Gasteiger partial charge is 0.756 e. The summed E-state index contributed by atoms with van der Waals surface area (Å²) in [5.41, 5.74) is 0. The number of phosphoric acid groups is 1. The molecule has 0 saturated heterocycles. The number of hydrogen-bond acceptors (Lipinski definition) is 7. The summed E-state index contributed by atoms with van der Waals surface area (Å²) in [5.74, 6) is -0.514. The SMILES string of the molecule is CCCCC/C=C\C/C=C\CCCCCCCCCCCCCCCCCCCC(=O)OC(/C=C/CCCCCCCCCCCC)C(COP(=O)([O-])OCC[N+](C)(C)C)NC(=O)CCCCCCCCCCCCCCCCCCCCCCCCCCCCC. The molecule has 1 amide bonds. The highest BCUT2D eigenvalue weighted by atomic mass is 31.2. The number of phosphoric ester groups is 1. The number of carbonyl (C=O) groups excluding carboxylic acids is 2. The van der Waals surface area contributed by atoms with E-state index in [1.807, 2.05) is 33.3 Å². The Labute approximate surface area is 574 Å². The van der Waals surface area contributed by atoms with E-state index in [9.17, 15) is 19.0 Å². The summed E-state index contributed by atoms with van der Waals surface area (Å²) >= 11 is 0. The van der Waals surface area contributed by atoms with E-state index in [0.29, 0.717) is 17.4 Å². The number of ether oxygens (including phenoxy) is 1. The molecule has 0 aliphatic carbocycles. The van der Waals surface area contributed by atoms with Gasteiger partial charge < -0.3 is 28.5 Å². The normalized spacial score (nSPS) is 13.5. The lowest BCUT2D eigenvalue weighted by Gasteiger charge is -2.30. The fourth-order valence-corrected chi connectivity index (χ4v) is 13.3. The molecule has 0 aromatic heterocycles. The lowest BCUT2D eigenvalue weighted by molar-refractivity contribution is -0.870. The first kappa shape index (κ1) is 90.2. The van der Waals surface area contributed by atoms with E-state index in [2.05, 4.69) is 50.4 Å². The zero-order valence-corrected chi connectivity index (χ0v) is 63.4.